The predicted molar refractivity (Wildman–Crippen MR) is 64.7 cm³/mol. The molecule has 0 aromatic rings. The number of nitrogens with zero attached hydrogens (tertiary/aromatic N) is 1. The first-order valence-corrected chi connectivity index (χ1v) is 6.52. The van der Waals surface area contributed by atoms with Crippen LogP contribution in [0.5, 0.6) is 0 Å². The fourth-order valence-corrected chi connectivity index (χ4v) is 2.17. The Bertz CT molecular complexity index is 360. The van der Waals surface area contributed by atoms with E-state index in [0.29, 0.717) is 17.7 Å². The molecular formula is C12H19F3N2O3. The molecule has 2 unspecified atom stereocenters. The van der Waals surface area contributed by atoms with Crippen molar-refractivity contribution in [2.24, 2.45) is 5.92 Å². The average Bonchev–Trinajstić information content (AvgIpc) is 2.68. The third kappa shape index (κ3) is 4.99. The third-order valence-electron chi connectivity index (χ3n) is 3.27. The zero-order chi connectivity index (χ0) is 15.3. The number of likely N-dealkylation sites (tertiary alicyclic amines) is 1. The largest absolute Gasteiger partial charge is 0.406 e. The number of hydrogen-bond donors (Lipinski definition) is 2. The standard InChI is InChI=1S/C12H19F3N2O3/c1-2-9(3-4-18)16-11(20)8-5-10(19)17(6-8)7-12(13,14)15/h8-9,18H,2-7H2,1H3,(H,16,20). The summed E-state index contributed by atoms with van der Waals surface area (Å²) < 4.78 is 36.8. The number of alkyl halides is 3. The summed E-state index contributed by atoms with van der Waals surface area (Å²) in [5, 5.41) is 11.5. The van der Waals surface area contributed by atoms with Gasteiger partial charge in [-0.3, -0.25) is 9.59 Å². The second-order valence-corrected chi connectivity index (χ2v) is 4.92. The number of carbonyl (C=O) groups is 2. The average molecular weight is 296 g/mol. The Morgan fingerprint density at radius 1 is 1.55 bits per heavy atom. The van der Waals surface area contributed by atoms with Crippen molar-refractivity contribution in [3.63, 3.8) is 0 Å². The second kappa shape index (κ2) is 6.92. The van der Waals surface area contributed by atoms with Crippen LogP contribution in [0.1, 0.15) is 26.2 Å². The van der Waals surface area contributed by atoms with Crippen molar-refractivity contribution in [3.8, 4) is 0 Å². The van der Waals surface area contributed by atoms with Crippen molar-refractivity contribution < 1.29 is 27.9 Å². The van der Waals surface area contributed by atoms with E-state index in [2.05, 4.69) is 5.32 Å². The molecule has 0 radical (unpaired) electrons. The van der Waals surface area contributed by atoms with Crippen molar-refractivity contribution in [1.82, 2.24) is 10.2 Å². The fourth-order valence-electron chi connectivity index (χ4n) is 2.17. The molecule has 0 spiro atoms. The minimum atomic E-state index is -4.45. The second-order valence-electron chi connectivity index (χ2n) is 4.92. The van der Waals surface area contributed by atoms with E-state index in [4.69, 9.17) is 5.11 Å². The molecule has 1 rings (SSSR count). The third-order valence-corrected chi connectivity index (χ3v) is 3.27. The quantitative estimate of drug-likeness (QED) is 0.757. The minimum Gasteiger partial charge on any atom is -0.396 e. The van der Waals surface area contributed by atoms with Gasteiger partial charge >= 0.3 is 6.18 Å². The van der Waals surface area contributed by atoms with E-state index in [0.717, 1.165) is 0 Å². The Kier molecular flexibility index (Phi) is 5.79. The molecular weight excluding hydrogens is 277 g/mol. The van der Waals surface area contributed by atoms with E-state index in [9.17, 15) is 22.8 Å². The Morgan fingerprint density at radius 3 is 2.70 bits per heavy atom. The van der Waals surface area contributed by atoms with Gasteiger partial charge in [-0.05, 0) is 12.8 Å². The van der Waals surface area contributed by atoms with Crippen LogP contribution in [-0.2, 0) is 9.59 Å². The van der Waals surface area contributed by atoms with E-state index in [-0.39, 0.29) is 25.6 Å². The molecule has 2 atom stereocenters. The maximum atomic E-state index is 12.3. The van der Waals surface area contributed by atoms with E-state index in [1.807, 2.05) is 6.92 Å². The fraction of sp³-hybridized carbons (Fsp3) is 0.833. The van der Waals surface area contributed by atoms with Crippen molar-refractivity contribution in [2.75, 3.05) is 19.7 Å². The highest BCUT2D eigenvalue weighted by atomic mass is 19.4. The van der Waals surface area contributed by atoms with Gasteiger partial charge in [0.1, 0.15) is 6.54 Å². The molecule has 0 aromatic heterocycles. The summed E-state index contributed by atoms with van der Waals surface area (Å²) in [5.41, 5.74) is 0. The van der Waals surface area contributed by atoms with Crippen molar-refractivity contribution in [3.05, 3.63) is 0 Å². The lowest BCUT2D eigenvalue weighted by molar-refractivity contribution is -0.157. The number of carbonyl (C=O) groups excluding carboxylic acids is 2. The van der Waals surface area contributed by atoms with Crippen LogP contribution in [0.25, 0.3) is 0 Å². The molecule has 1 fully saturated rings. The predicted octanol–water partition coefficient (Wildman–Crippen LogP) is 0.674. The molecule has 0 saturated carbocycles. The molecule has 1 aliphatic heterocycles. The molecule has 2 N–H and O–H groups in total. The van der Waals surface area contributed by atoms with Crippen LogP contribution < -0.4 is 5.32 Å². The van der Waals surface area contributed by atoms with Crippen molar-refractivity contribution in [1.29, 1.82) is 0 Å². The lowest BCUT2D eigenvalue weighted by atomic mass is 10.1. The molecule has 1 heterocycles. The Hall–Kier alpha value is -1.31. The summed E-state index contributed by atoms with van der Waals surface area (Å²) in [7, 11) is 0. The number of rotatable bonds is 6. The number of amides is 2. The molecule has 0 bridgehead atoms. The van der Waals surface area contributed by atoms with Gasteiger partial charge in [0, 0.05) is 25.6 Å². The molecule has 1 saturated heterocycles. The van der Waals surface area contributed by atoms with Crippen LogP contribution in [0, 0.1) is 5.92 Å². The summed E-state index contributed by atoms with van der Waals surface area (Å²) in [6.07, 6.45) is -3.66. The van der Waals surface area contributed by atoms with Gasteiger partial charge in [0.25, 0.3) is 0 Å². The summed E-state index contributed by atoms with van der Waals surface area (Å²) in [4.78, 5) is 24.0. The molecule has 5 nitrogen and oxygen atoms in total. The Labute approximate surface area is 115 Å². The van der Waals surface area contributed by atoms with Crippen LogP contribution in [0.15, 0.2) is 0 Å². The van der Waals surface area contributed by atoms with Gasteiger partial charge in [0.05, 0.1) is 5.92 Å². The summed E-state index contributed by atoms with van der Waals surface area (Å²) in [5.74, 6) is -1.83. The molecule has 0 aromatic carbocycles. The SMILES string of the molecule is CCC(CCO)NC(=O)C1CC(=O)N(CC(F)(F)F)C1. The van der Waals surface area contributed by atoms with E-state index in [1.54, 1.807) is 0 Å². The highest BCUT2D eigenvalue weighted by Gasteiger charge is 2.40. The number of aliphatic hydroxyl groups excluding tert-OH is 1. The Morgan fingerprint density at radius 2 is 2.20 bits per heavy atom. The summed E-state index contributed by atoms with van der Waals surface area (Å²) in [6.45, 7) is 0.224. The zero-order valence-electron chi connectivity index (χ0n) is 11.2. The first-order valence-electron chi connectivity index (χ1n) is 6.52. The van der Waals surface area contributed by atoms with Crippen LogP contribution in [0.4, 0.5) is 13.2 Å². The monoisotopic (exact) mass is 296 g/mol. The van der Waals surface area contributed by atoms with Gasteiger partial charge in [0.15, 0.2) is 0 Å². The molecule has 1 aliphatic rings. The molecule has 0 aliphatic carbocycles. The van der Waals surface area contributed by atoms with Crippen LogP contribution in [0.3, 0.4) is 0 Å². The lowest BCUT2D eigenvalue weighted by Crippen LogP contribution is -2.41. The van der Waals surface area contributed by atoms with Crippen LogP contribution >= 0.6 is 0 Å². The highest BCUT2D eigenvalue weighted by molar-refractivity contribution is 5.89. The smallest absolute Gasteiger partial charge is 0.396 e. The normalized spacial score (nSPS) is 21.1. The van der Waals surface area contributed by atoms with Crippen molar-refractivity contribution in [2.45, 2.75) is 38.4 Å². The topological polar surface area (TPSA) is 69.6 Å². The first kappa shape index (κ1) is 16.7. The number of nitrogens with one attached hydrogen (secondary N) is 1. The van der Waals surface area contributed by atoms with Gasteiger partial charge < -0.3 is 15.3 Å². The van der Waals surface area contributed by atoms with Gasteiger partial charge in [-0.25, -0.2) is 0 Å². The van der Waals surface area contributed by atoms with Gasteiger partial charge in [-0.2, -0.15) is 13.2 Å². The highest BCUT2D eigenvalue weighted by Crippen LogP contribution is 2.24. The number of hydrogen-bond acceptors (Lipinski definition) is 3. The van der Waals surface area contributed by atoms with Crippen molar-refractivity contribution >= 4 is 11.8 Å². The number of aliphatic hydroxyl groups is 1. The minimum absolute atomic E-state index is 0.0808. The zero-order valence-corrected chi connectivity index (χ0v) is 11.2. The van der Waals surface area contributed by atoms with E-state index >= 15 is 0 Å². The van der Waals surface area contributed by atoms with Crippen LogP contribution in [0.2, 0.25) is 0 Å². The molecule has 116 valence electrons. The first-order chi connectivity index (χ1) is 9.26. The molecule has 8 heteroatoms. The number of halogens is 3. The van der Waals surface area contributed by atoms with E-state index < -0.39 is 30.5 Å². The van der Waals surface area contributed by atoms with Crippen LogP contribution in [-0.4, -0.2) is 53.7 Å². The van der Waals surface area contributed by atoms with Gasteiger partial charge in [-0.1, -0.05) is 6.92 Å². The van der Waals surface area contributed by atoms with E-state index in [1.165, 1.54) is 0 Å². The maximum absolute atomic E-state index is 12.3. The Balaban J connectivity index is 2.53. The summed E-state index contributed by atoms with van der Waals surface area (Å²) in [6, 6.07) is -0.223. The maximum Gasteiger partial charge on any atom is 0.406 e. The van der Waals surface area contributed by atoms with Gasteiger partial charge in [0.2, 0.25) is 11.8 Å². The summed E-state index contributed by atoms with van der Waals surface area (Å²) >= 11 is 0. The lowest BCUT2D eigenvalue weighted by Gasteiger charge is -2.20. The molecule has 20 heavy (non-hydrogen) atoms. The molecule has 2 amide bonds. The van der Waals surface area contributed by atoms with Gasteiger partial charge in [-0.15, -0.1) is 0 Å².